The van der Waals surface area contributed by atoms with Crippen molar-refractivity contribution in [3.8, 4) is 16.3 Å². The number of rotatable bonds is 6. The maximum atomic E-state index is 11.6. The molecule has 4 rings (SSSR count). The predicted molar refractivity (Wildman–Crippen MR) is 117 cm³/mol. The Bertz CT molecular complexity index is 1180. The lowest BCUT2D eigenvalue weighted by Gasteiger charge is -2.09. The van der Waals surface area contributed by atoms with Gasteiger partial charge in [-0.25, -0.2) is 9.78 Å². The van der Waals surface area contributed by atoms with E-state index < -0.39 is 0 Å². The van der Waals surface area contributed by atoms with Gasteiger partial charge in [0.25, 0.3) is 0 Å². The van der Waals surface area contributed by atoms with Crippen LogP contribution in [-0.4, -0.2) is 38.3 Å². The standard InChI is InChI=1S/C21H19N5O2S2/c1-13-5-4-6-18(14(13)2)26-21(23-24-25-26)30-12-17-11-29-19(22-17)15-7-9-16(10-8-15)20(27)28-3/h4-11H,12H2,1-3H3. The second kappa shape index (κ2) is 8.76. The molecular formula is C21H19N5O2S2. The summed E-state index contributed by atoms with van der Waals surface area (Å²) in [6.45, 7) is 4.14. The third-order valence-electron chi connectivity index (χ3n) is 4.70. The lowest BCUT2D eigenvalue weighted by Crippen LogP contribution is -2.02. The average molecular weight is 438 g/mol. The Labute approximate surface area is 182 Å². The molecule has 0 N–H and O–H groups in total. The van der Waals surface area contributed by atoms with Crippen LogP contribution in [0.3, 0.4) is 0 Å². The Morgan fingerprint density at radius 3 is 2.73 bits per heavy atom. The summed E-state index contributed by atoms with van der Waals surface area (Å²) in [7, 11) is 1.37. The minimum Gasteiger partial charge on any atom is -0.465 e. The summed E-state index contributed by atoms with van der Waals surface area (Å²) in [6.07, 6.45) is 0. The van der Waals surface area contributed by atoms with Crippen LogP contribution < -0.4 is 0 Å². The molecule has 0 aliphatic rings. The first kappa shape index (κ1) is 20.2. The fraction of sp³-hybridized carbons (Fsp3) is 0.190. The van der Waals surface area contributed by atoms with Crippen LogP contribution in [0.1, 0.15) is 27.2 Å². The third-order valence-corrected chi connectivity index (χ3v) is 6.59. The molecule has 2 aromatic carbocycles. The molecule has 7 nitrogen and oxygen atoms in total. The molecule has 0 unspecified atom stereocenters. The molecule has 30 heavy (non-hydrogen) atoms. The van der Waals surface area contributed by atoms with Crippen LogP contribution >= 0.6 is 23.1 Å². The van der Waals surface area contributed by atoms with Gasteiger partial charge in [-0.2, -0.15) is 4.68 Å². The van der Waals surface area contributed by atoms with Crippen LogP contribution in [0.2, 0.25) is 0 Å². The van der Waals surface area contributed by atoms with Gasteiger partial charge in [0.1, 0.15) is 5.01 Å². The van der Waals surface area contributed by atoms with Gasteiger partial charge in [-0.05, 0) is 53.6 Å². The quantitative estimate of drug-likeness (QED) is 0.325. The van der Waals surface area contributed by atoms with Gasteiger partial charge in [-0.15, -0.1) is 16.4 Å². The van der Waals surface area contributed by atoms with E-state index in [9.17, 15) is 4.79 Å². The van der Waals surface area contributed by atoms with Crippen LogP contribution in [-0.2, 0) is 10.5 Å². The van der Waals surface area contributed by atoms with E-state index >= 15 is 0 Å². The Balaban J connectivity index is 1.48. The van der Waals surface area contributed by atoms with Gasteiger partial charge in [0.15, 0.2) is 0 Å². The molecule has 0 radical (unpaired) electrons. The maximum Gasteiger partial charge on any atom is 0.337 e. The van der Waals surface area contributed by atoms with Crippen molar-refractivity contribution in [3.05, 3.63) is 70.2 Å². The Kier molecular flexibility index (Phi) is 5.91. The highest BCUT2D eigenvalue weighted by Crippen LogP contribution is 2.29. The molecule has 0 bridgehead atoms. The molecule has 2 heterocycles. The molecule has 152 valence electrons. The number of aromatic nitrogens is 5. The van der Waals surface area contributed by atoms with Gasteiger partial charge < -0.3 is 4.74 Å². The van der Waals surface area contributed by atoms with E-state index in [0.717, 1.165) is 32.7 Å². The molecule has 0 saturated carbocycles. The van der Waals surface area contributed by atoms with Crippen molar-refractivity contribution in [1.29, 1.82) is 0 Å². The number of nitrogens with zero attached hydrogens (tertiary/aromatic N) is 5. The highest BCUT2D eigenvalue weighted by atomic mass is 32.2. The number of esters is 1. The fourth-order valence-corrected chi connectivity index (χ4v) is 4.60. The third kappa shape index (κ3) is 4.12. The van der Waals surface area contributed by atoms with Crippen molar-refractivity contribution in [3.63, 3.8) is 0 Å². The summed E-state index contributed by atoms with van der Waals surface area (Å²) in [4.78, 5) is 16.3. The van der Waals surface area contributed by atoms with Crippen LogP contribution in [0.5, 0.6) is 0 Å². The van der Waals surface area contributed by atoms with E-state index in [1.54, 1.807) is 39.9 Å². The van der Waals surface area contributed by atoms with E-state index in [1.165, 1.54) is 12.7 Å². The lowest BCUT2D eigenvalue weighted by atomic mass is 10.1. The SMILES string of the molecule is COC(=O)c1ccc(-c2nc(CSc3nnnn3-c3cccc(C)c3C)cs2)cc1. The minimum absolute atomic E-state index is 0.348. The summed E-state index contributed by atoms with van der Waals surface area (Å²) in [5, 5.41) is 15.8. The number of aryl methyl sites for hydroxylation is 1. The van der Waals surface area contributed by atoms with Crippen molar-refractivity contribution < 1.29 is 9.53 Å². The molecule has 9 heteroatoms. The fourth-order valence-electron chi connectivity index (χ4n) is 2.90. The van der Waals surface area contributed by atoms with E-state index in [2.05, 4.69) is 35.4 Å². The topological polar surface area (TPSA) is 82.8 Å². The normalized spacial score (nSPS) is 10.9. The van der Waals surface area contributed by atoms with Crippen molar-refractivity contribution in [2.45, 2.75) is 24.8 Å². The van der Waals surface area contributed by atoms with Crippen LogP contribution in [0.15, 0.2) is 53.0 Å². The van der Waals surface area contributed by atoms with E-state index in [-0.39, 0.29) is 5.97 Å². The first-order valence-electron chi connectivity index (χ1n) is 9.17. The number of benzene rings is 2. The number of methoxy groups -OCH3 is 1. The molecule has 0 spiro atoms. The van der Waals surface area contributed by atoms with Gasteiger partial charge in [-0.1, -0.05) is 36.0 Å². The maximum absolute atomic E-state index is 11.6. The number of hydrogen-bond acceptors (Lipinski definition) is 8. The minimum atomic E-state index is -0.348. The molecule has 0 fully saturated rings. The monoisotopic (exact) mass is 437 g/mol. The number of tetrazole rings is 1. The van der Waals surface area contributed by atoms with E-state index in [4.69, 9.17) is 9.72 Å². The number of hydrogen-bond donors (Lipinski definition) is 0. The largest absolute Gasteiger partial charge is 0.465 e. The van der Waals surface area contributed by atoms with Crippen molar-refractivity contribution >= 4 is 29.1 Å². The first-order chi connectivity index (χ1) is 14.6. The van der Waals surface area contributed by atoms with Crippen LogP contribution in [0.4, 0.5) is 0 Å². The zero-order valence-corrected chi connectivity index (χ0v) is 18.3. The number of thiazole rings is 1. The van der Waals surface area contributed by atoms with Gasteiger partial charge in [0.05, 0.1) is 24.1 Å². The van der Waals surface area contributed by atoms with Crippen molar-refractivity contribution in [1.82, 2.24) is 25.2 Å². The van der Waals surface area contributed by atoms with Gasteiger partial charge in [-0.3, -0.25) is 0 Å². The van der Waals surface area contributed by atoms with Gasteiger partial charge in [0, 0.05) is 16.7 Å². The summed E-state index contributed by atoms with van der Waals surface area (Å²) < 4.78 is 6.51. The molecular weight excluding hydrogens is 418 g/mol. The molecule has 0 atom stereocenters. The van der Waals surface area contributed by atoms with Gasteiger partial charge >= 0.3 is 5.97 Å². The number of carbonyl (C=O) groups is 1. The first-order valence-corrected chi connectivity index (χ1v) is 11.0. The number of thioether (sulfide) groups is 1. The van der Waals surface area contributed by atoms with E-state index in [0.29, 0.717) is 11.3 Å². The Hall–Kier alpha value is -3.04. The summed E-state index contributed by atoms with van der Waals surface area (Å²) in [5.74, 6) is 0.307. The Morgan fingerprint density at radius 2 is 1.97 bits per heavy atom. The van der Waals surface area contributed by atoms with Crippen LogP contribution in [0, 0.1) is 13.8 Å². The lowest BCUT2D eigenvalue weighted by molar-refractivity contribution is 0.0601. The summed E-state index contributed by atoms with van der Waals surface area (Å²) >= 11 is 3.11. The summed E-state index contributed by atoms with van der Waals surface area (Å²) in [6, 6.07) is 13.3. The number of carbonyl (C=O) groups excluding carboxylic acids is 1. The van der Waals surface area contributed by atoms with Crippen LogP contribution in [0.25, 0.3) is 16.3 Å². The predicted octanol–water partition coefficient (Wildman–Crippen LogP) is 4.48. The molecule has 0 amide bonds. The molecule has 4 aromatic rings. The zero-order valence-electron chi connectivity index (χ0n) is 16.7. The number of ether oxygens (including phenoxy) is 1. The average Bonchev–Trinajstić information content (AvgIpc) is 3.43. The molecule has 2 aromatic heterocycles. The molecule has 0 aliphatic carbocycles. The second-order valence-electron chi connectivity index (χ2n) is 6.59. The second-order valence-corrected chi connectivity index (χ2v) is 8.39. The van der Waals surface area contributed by atoms with E-state index in [1.807, 2.05) is 29.6 Å². The van der Waals surface area contributed by atoms with Gasteiger partial charge in [0.2, 0.25) is 5.16 Å². The Morgan fingerprint density at radius 1 is 1.17 bits per heavy atom. The van der Waals surface area contributed by atoms with Crippen molar-refractivity contribution in [2.75, 3.05) is 7.11 Å². The highest BCUT2D eigenvalue weighted by molar-refractivity contribution is 7.98. The summed E-state index contributed by atoms with van der Waals surface area (Å²) in [5.41, 5.74) is 5.76. The smallest absolute Gasteiger partial charge is 0.337 e. The van der Waals surface area contributed by atoms with Crippen molar-refractivity contribution in [2.24, 2.45) is 0 Å². The molecule has 0 saturated heterocycles. The highest BCUT2D eigenvalue weighted by Gasteiger charge is 2.14. The zero-order chi connectivity index (χ0) is 21.1. The molecule has 0 aliphatic heterocycles.